The Kier molecular flexibility index (Phi) is 16.5. The van der Waals surface area contributed by atoms with Crippen molar-refractivity contribution in [2.45, 2.75) is 0 Å². The molecule has 34 heteroatoms. The van der Waals surface area contributed by atoms with Gasteiger partial charge < -0.3 is 22.9 Å². The molecular formula is C72H64N24O8Si2+4. The first-order valence-electron chi connectivity index (χ1n) is 33.1. The van der Waals surface area contributed by atoms with E-state index in [1.54, 1.807) is 0 Å². The number of hydrogen-bond acceptors (Lipinski definition) is 20. The van der Waals surface area contributed by atoms with Gasteiger partial charge in [0.05, 0.1) is 44.5 Å². The SMILES string of the molecule is CN.CN.CN.CN.C[N+](=O)[O-].C[N+](=O)[O-].C[N+](=O)[O-].C[N+](=O)[O-].c1ccc2c(c1)C1=Nc3c4ccccc4c4n3[Si]35n6c(c7ccccc7c6=NC6=[N+]3C(=N4)c3ccccc36)=NC2=[N+]15.c1ccc2c(c1)C1=Nc3c4ccccc4c4n3[Si]35n6c(c7ccccc7c6=NC6=[N+]3C(=N4)c3ccccc36)=NC2=[N+]15. The van der Waals surface area contributed by atoms with Gasteiger partial charge in [0.25, 0.3) is 46.7 Å². The number of nitrogens with two attached hydrogens (primary N) is 4. The lowest BCUT2D eigenvalue weighted by Gasteiger charge is -2.36. The quantitative estimate of drug-likeness (QED) is 0.0911. The first-order valence-corrected chi connectivity index (χ1v) is 36.7. The molecule has 12 aromatic rings. The van der Waals surface area contributed by atoms with E-state index in [0.717, 1.165) is 208 Å². The summed E-state index contributed by atoms with van der Waals surface area (Å²) in [5, 5.41) is 44.2. The van der Waals surface area contributed by atoms with E-state index in [1.165, 1.54) is 28.2 Å². The lowest BCUT2D eigenvalue weighted by molar-refractivity contribution is -0.445. The van der Waals surface area contributed by atoms with Crippen LogP contribution in [0.1, 0.15) is 44.5 Å². The molecule has 4 aromatic heterocycles. The fourth-order valence-electron chi connectivity index (χ4n) is 15.8. The fraction of sp³-hybridized carbons (Fsp3) is 0.111. The van der Waals surface area contributed by atoms with Crippen molar-refractivity contribution >= 4 is 130 Å². The molecule has 0 unspecified atom stereocenters. The largest absolute Gasteiger partial charge is 0.687 e. The molecule has 8 aromatic carbocycles. The second kappa shape index (κ2) is 25.7. The minimum atomic E-state index is -3.25. The molecule has 0 aliphatic carbocycles. The maximum atomic E-state index is 8.81. The molecule has 0 saturated carbocycles. The standard InChI is InChI=1S/2C32H16N8Si.4CH3NO2.4CH5N/c2*1-2-10-18-17(9-1)25-33-27-19-11-3-4-12-20(19)29-35-31-23-15-7-8-16-24(23)32-36-30-22-14-6-5-13-21(22)28-34-26(18)37(25)41(38(27)29,39(28)30)40(31)32;4*1-2(3)4;4*1-2/h2*1-16H;4*1H3;4*2H2,1H3/q2*+2;;;;;;;;. The summed E-state index contributed by atoms with van der Waals surface area (Å²) in [7, 11) is 3.06. The lowest BCUT2D eigenvalue weighted by atomic mass is 10.1. The van der Waals surface area contributed by atoms with Crippen molar-refractivity contribution in [1.82, 2.24) is 16.9 Å². The minimum absolute atomic E-state index is 0.500. The number of hydrogen-bond donors (Lipinski definition) is 4. The monoisotopic (exact) mass is 1450 g/mol. The van der Waals surface area contributed by atoms with Gasteiger partial charge in [-0.3, -0.25) is 40.5 Å². The van der Waals surface area contributed by atoms with E-state index in [4.69, 9.17) is 80.4 Å². The third-order valence-corrected chi connectivity index (χ3v) is 26.9. The van der Waals surface area contributed by atoms with Crippen LogP contribution >= 0.6 is 0 Å². The van der Waals surface area contributed by atoms with Gasteiger partial charge in [-0.15, -0.1) is 0 Å². The van der Waals surface area contributed by atoms with Crippen LogP contribution in [0.25, 0.3) is 43.1 Å². The van der Waals surface area contributed by atoms with Gasteiger partial charge in [0.2, 0.25) is 45.2 Å². The van der Waals surface area contributed by atoms with Gasteiger partial charge >= 0.3 is 17.4 Å². The molecular weight excluding hydrogens is 1390 g/mol. The third-order valence-electron chi connectivity index (χ3n) is 18.8. The molecule has 0 fully saturated rings. The Morgan fingerprint density at radius 1 is 0.264 bits per heavy atom. The van der Waals surface area contributed by atoms with E-state index in [2.05, 4.69) is 251 Å². The average molecular weight is 1450 g/mol. The van der Waals surface area contributed by atoms with Gasteiger partial charge in [0.15, 0.2) is 28.2 Å². The predicted octanol–water partition coefficient (Wildman–Crippen LogP) is 4.72. The van der Waals surface area contributed by atoms with Crippen molar-refractivity contribution in [2.75, 3.05) is 56.4 Å². The highest BCUT2D eigenvalue weighted by atomic mass is 28.4. The van der Waals surface area contributed by atoms with E-state index in [0.29, 0.717) is 0 Å². The summed E-state index contributed by atoms with van der Waals surface area (Å²) in [6, 6.07) is 68.6. The summed E-state index contributed by atoms with van der Waals surface area (Å²) in [5.41, 5.74) is 30.8. The van der Waals surface area contributed by atoms with E-state index >= 15 is 0 Å². The number of rotatable bonds is 0. The second-order valence-corrected chi connectivity index (χ2v) is 30.1. The van der Waals surface area contributed by atoms with Crippen LogP contribution < -0.4 is 44.9 Å². The maximum absolute atomic E-state index is 8.81. The molecule has 0 radical (unpaired) electrons. The third kappa shape index (κ3) is 9.05. The zero-order valence-electron chi connectivity index (χ0n) is 58.0. The average Bonchev–Trinajstić information content (AvgIpc) is 1.48. The highest BCUT2D eigenvalue weighted by Gasteiger charge is 2.77. The van der Waals surface area contributed by atoms with E-state index in [1.807, 2.05) is 0 Å². The van der Waals surface area contributed by atoms with E-state index < -0.39 is 37.1 Å². The van der Waals surface area contributed by atoms with Crippen LogP contribution in [0.2, 0.25) is 0 Å². The molecule has 0 saturated heterocycles. The molecule has 0 bridgehead atoms. The number of aromatic nitrogens is 4. The highest BCUT2D eigenvalue weighted by Crippen LogP contribution is 2.52. The predicted molar refractivity (Wildman–Crippen MR) is 406 cm³/mol. The second-order valence-electron chi connectivity index (χ2n) is 24.1. The molecule has 0 amide bonds. The van der Waals surface area contributed by atoms with Crippen molar-refractivity contribution in [3.8, 4) is 0 Å². The summed E-state index contributed by atoms with van der Waals surface area (Å²) in [4.78, 5) is 76.8. The molecule has 2 spiro atoms. The van der Waals surface area contributed by atoms with Crippen LogP contribution in [0.15, 0.2) is 234 Å². The molecule has 12 aliphatic rings. The first kappa shape index (κ1) is 68.1. The molecule has 0 atom stereocenters. The normalized spacial score (nSPS) is 15.4. The van der Waals surface area contributed by atoms with Gasteiger partial charge in [-0.25, -0.2) is 16.9 Å². The van der Waals surface area contributed by atoms with Crippen molar-refractivity contribution < 1.29 is 36.7 Å². The Morgan fingerprint density at radius 2 is 0.425 bits per heavy atom. The topological polar surface area (TPSA) is 407 Å². The van der Waals surface area contributed by atoms with Crippen molar-refractivity contribution in [3.63, 3.8) is 0 Å². The molecule has 16 heterocycles. The van der Waals surface area contributed by atoms with Gasteiger partial charge in [-0.05, 0) is 125 Å². The van der Waals surface area contributed by atoms with E-state index in [9.17, 15) is 0 Å². The van der Waals surface area contributed by atoms with Gasteiger partial charge in [0, 0.05) is 62.8 Å². The zero-order chi connectivity index (χ0) is 74.7. The summed E-state index contributed by atoms with van der Waals surface area (Å²) >= 11 is 0. The number of aliphatic imine (C=N–C) groups is 4. The first-order chi connectivity index (χ1) is 51.6. The number of nitro groups is 4. The Bertz CT molecular complexity index is 5770. The molecule has 12 aliphatic heterocycles. The Morgan fingerprint density at radius 3 is 0.613 bits per heavy atom. The highest BCUT2D eigenvalue weighted by molar-refractivity contribution is 6.71. The van der Waals surface area contributed by atoms with Crippen LogP contribution in [-0.4, -0.2) is 174 Å². The number of nitrogens with zero attached hydrogens (tertiary/aromatic N) is 20. The zero-order valence-corrected chi connectivity index (χ0v) is 60.0. The van der Waals surface area contributed by atoms with Crippen LogP contribution in [0.3, 0.4) is 0 Å². The Hall–Kier alpha value is -13.6. The smallest absolute Gasteiger partial charge is 0.333 e. The Balaban J connectivity index is 0.000000132. The summed E-state index contributed by atoms with van der Waals surface area (Å²) in [6.07, 6.45) is 0. The van der Waals surface area contributed by atoms with Crippen LogP contribution in [-0.2, 0) is 0 Å². The van der Waals surface area contributed by atoms with Gasteiger partial charge in [-0.2, -0.15) is 17.0 Å². The van der Waals surface area contributed by atoms with Crippen molar-refractivity contribution in [2.24, 2.45) is 62.9 Å². The van der Waals surface area contributed by atoms with Gasteiger partial charge in [0.1, 0.15) is 0 Å². The fourth-order valence-corrected chi connectivity index (χ4v) is 25.4. The number of benzene rings is 8. The Labute approximate surface area is 601 Å². The molecule has 524 valence electrons. The van der Waals surface area contributed by atoms with Crippen molar-refractivity contribution in [1.29, 1.82) is 0 Å². The molecule has 32 nitrogen and oxygen atoms in total. The lowest BCUT2D eigenvalue weighted by Crippen LogP contribution is -2.79. The maximum Gasteiger partial charge on any atom is 0.687 e. The van der Waals surface area contributed by atoms with Crippen LogP contribution in [0.4, 0.5) is 23.3 Å². The van der Waals surface area contributed by atoms with Crippen LogP contribution in [0.5, 0.6) is 0 Å². The van der Waals surface area contributed by atoms with Crippen molar-refractivity contribution in [3.05, 3.63) is 301 Å². The van der Waals surface area contributed by atoms with E-state index in [-0.39, 0.29) is 0 Å². The summed E-state index contributed by atoms with van der Waals surface area (Å²) < 4.78 is 19.8. The molecule has 8 N–H and O–H groups in total. The number of amidine groups is 8. The van der Waals surface area contributed by atoms with Gasteiger partial charge in [-0.1, -0.05) is 137 Å². The number of fused-ring (bicyclic) bond motifs is 24. The minimum Gasteiger partial charge on any atom is -0.333 e. The molecule has 24 rings (SSSR count). The molecule has 106 heavy (non-hydrogen) atoms. The summed E-state index contributed by atoms with van der Waals surface area (Å²) in [5.74, 6) is 11.5. The summed E-state index contributed by atoms with van der Waals surface area (Å²) in [6.45, 7) is 0. The van der Waals surface area contributed by atoms with Crippen LogP contribution in [0, 0.1) is 40.5 Å².